The van der Waals surface area contributed by atoms with Crippen LogP contribution in [-0.4, -0.2) is 42.8 Å². The average Bonchev–Trinajstić information content (AvgIpc) is 3.36. The molecule has 1 unspecified atom stereocenters. The Morgan fingerprint density at radius 3 is 2.19 bits per heavy atom. The molecule has 0 aliphatic rings. The van der Waals surface area contributed by atoms with Crippen LogP contribution in [0.15, 0.2) is 79.0 Å². The maximum absolute atomic E-state index is 13.9. The zero-order chi connectivity index (χ0) is 30.4. The van der Waals surface area contributed by atoms with E-state index >= 15 is 0 Å². The number of benzene rings is 2. The molecule has 4 aromatic rings. The van der Waals surface area contributed by atoms with E-state index in [-0.39, 0.29) is 30.1 Å². The number of esters is 1. The van der Waals surface area contributed by atoms with Crippen molar-refractivity contribution in [3.05, 3.63) is 107 Å². The van der Waals surface area contributed by atoms with Gasteiger partial charge in [-0.05, 0) is 65.9 Å². The minimum Gasteiger partial charge on any atom is -0.497 e. The third kappa shape index (κ3) is 6.80. The van der Waals surface area contributed by atoms with Crippen LogP contribution < -0.4 is 4.74 Å². The first-order valence-corrected chi connectivity index (χ1v) is 14.1. The Labute approximate surface area is 247 Å². The summed E-state index contributed by atoms with van der Waals surface area (Å²) in [5.74, 6) is -0.353. The molecule has 0 saturated carbocycles. The lowest BCUT2D eigenvalue weighted by molar-refractivity contribution is -0.146. The molecule has 220 valence electrons. The summed E-state index contributed by atoms with van der Waals surface area (Å²) in [6.45, 7) is 8.34. The average molecular weight is 570 g/mol. The lowest BCUT2D eigenvalue weighted by Gasteiger charge is -2.23. The highest BCUT2D eigenvalue weighted by atomic mass is 16.5. The van der Waals surface area contributed by atoms with Gasteiger partial charge in [0.2, 0.25) is 5.78 Å². The van der Waals surface area contributed by atoms with E-state index in [4.69, 9.17) is 14.2 Å². The number of nitrogens with zero attached hydrogens (tertiary/aromatic N) is 1. The molecule has 0 amide bonds. The van der Waals surface area contributed by atoms with Crippen LogP contribution in [0, 0.1) is 17.3 Å². The van der Waals surface area contributed by atoms with Gasteiger partial charge in [0.1, 0.15) is 5.75 Å². The van der Waals surface area contributed by atoms with Crippen molar-refractivity contribution in [1.29, 1.82) is 0 Å². The van der Waals surface area contributed by atoms with Gasteiger partial charge in [-0.1, -0.05) is 58.0 Å². The van der Waals surface area contributed by atoms with Gasteiger partial charge in [-0.15, -0.1) is 0 Å². The number of hydrogen-bond donors (Lipinski definition) is 0. The molecular formula is C35H39NO6. The van der Waals surface area contributed by atoms with Crippen molar-refractivity contribution in [2.75, 3.05) is 20.8 Å². The molecule has 0 aliphatic heterocycles. The van der Waals surface area contributed by atoms with Crippen molar-refractivity contribution in [3.8, 4) is 5.75 Å². The van der Waals surface area contributed by atoms with Gasteiger partial charge in [0.05, 0.1) is 44.5 Å². The molecule has 0 radical (unpaired) electrons. The van der Waals surface area contributed by atoms with E-state index in [2.05, 4.69) is 0 Å². The fraction of sp³-hybridized carbons (Fsp3) is 0.343. The molecule has 2 aromatic carbocycles. The van der Waals surface area contributed by atoms with Crippen LogP contribution in [0.4, 0.5) is 0 Å². The first kappa shape index (κ1) is 30.7. The topological polar surface area (TPSA) is 83.3 Å². The number of rotatable bonds is 13. The number of carbonyl (C=O) groups excluding carboxylic acids is 3. The largest absolute Gasteiger partial charge is 0.497 e. The number of Topliss-reactive ketones (excluding diaryl/α,β-unsaturated/α-hetero) is 1. The van der Waals surface area contributed by atoms with E-state index in [1.165, 1.54) is 7.11 Å². The number of aromatic nitrogens is 1. The van der Waals surface area contributed by atoms with Crippen LogP contribution in [0.5, 0.6) is 5.75 Å². The lowest BCUT2D eigenvalue weighted by atomic mass is 9.85. The van der Waals surface area contributed by atoms with Gasteiger partial charge in [0.25, 0.3) is 0 Å². The highest BCUT2D eigenvalue weighted by Crippen LogP contribution is 2.29. The summed E-state index contributed by atoms with van der Waals surface area (Å²) in [7, 11) is 2.95. The smallest absolute Gasteiger partial charge is 0.309 e. The summed E-state index contributed by atoms with van der Waals surface area (Å²) in [6.07, 6.45) is 2.08. The molecule has 0 spiro atoms. The van der Waals surface area contributed by atoms with Crippen LogP contribution in [0.3, 0.4) is 0 Å². The van der Waals surface area contributed by atoms with Crippen LogP contribution in [-0.2, 0) is 27.3 Å². The van der Waals surface area contributed by atoms with Crippen molar-refractivity contribution in [2.45, 2.75) is 40.7 Å². The van der Waals surface area contributed by atoms with Crippen LogP contribution in [0.2, 0.25) is 0 Å². The summed E-state index contributed by atoms with van der Waals surface area (Å²) in [6, 6.07) is 22.2. The van der Waals surface area contributed by atoms with Gasteiger partial charge < -0.3 is 18.6 Å². The molecule has 1 atom stereocenters. The SMILES string of the molecule is COC(=O)C(Cc1cc2cc(C(=O)C(C)(C)COCc3ccccc3)ccn2c1C(=O)c1ccc(OC)cc1)C(C)C. The van der Waals surface area contributed by atoms with Crippen molar-refractivity contribution < 1.29 is 28.6 Å². The van der Waals surface area contributed by atoms with Crippen LogP contribution in [0.1, 0.15) is 65.2 Å². The quantitative estimate of drug-likeness (QED) is 0.133. The molecule has 0 bridgehead atoms. The predicted molar refractivity (Wildman–Crippen MR) is 162 cm³/mol. The first-order chi connectivity index (χ1) is 20.1. The van der Waals surface area contributed by atoms with Crippen molar-refractivity contribution >= 4 is 23.1 Å². The fourth-order valence-electron chi connectivity index (χ4n) is 5.10. The number of carbonyl (C=O) groups is 3. The van der Waals surface area contributed by atoms with Crippen LogP contribution in [0.25, 0.3) is 5.52 Å². The Morgan fingerprint density at radius 2 is 1.57 bits per heavy atom. The van der Waals surface area contributed by atoms with Gasteiger partial charge in [-0.25, -0.2) is 0 Å². The number of pyridine rings is 1. The molecule has 42 heavy (non-hydrogen) atoms. The van der Waals surface area contributed by atoms with Gasteiger partial charge in [-0.3, -0.25) is 14.4 Å². The van der Waals surface area contributed by atoms with Crippen molar-refractivity contribution in [2.24, 2.45) is 17.3 Å². The summed E-state index contributed by atoms with van der Waals surface area (Å²) >= 11 is 0. The minimum absolute atomic E-state index is 0.00164. The molecule has 2 heterocycles. The molecular weight excluding hydrogens is 530 g/mol. The summed E-state index contributed by atoms with van der Waals surface area (Å²) in [5, 5.41) is 0. The molecule has 4 rings (SSSR count). The van der Waals surface area contributed by atoms with E-state index < -0.39 is 11.3 Å². The Kier molecular flexibility index (Phi) is 9.63. The Bertz CT molecular complexity index is 1550. The lowest BCUT2D eigenvalue weighted by Crippen LogP contribution is -2.30. The van der Waals surface area contributed by atoms with Gasteiger partial charge >= 0.3 is 5.97 Å². The van der Waals surface area contributed by atoms with Gasteiger partial charge in [-0.2, -0.15) is 0 Å². The zero-order valence-electron chi connectivity index (χ0n) is 25.2. The second-order valence-corrected chi connectivity index (χ2v) is 11.6. The minimum atomic E-state index is -0.766. The van der Waals surface area contributed by atoms with Crippen molar-refractivity contribution in [1.82, 2.24) is 4.40 Å². The normalized spacial score (nSPS) is 12.4. The van der Waals surface area contributed by atoms with Gasteiger partial charge in [0, 0.05) is 22.8 Å². The third-order valence-electron chi connectivity index (χ3n) is 7.62. The third-order valence-corrected chi connectivity index (χ3v) is 7.62. The Hall–Kier alpha value is -4.23. The number of ketones is 2. The Balaban J connectivity index is 1.68. The van der Waals surface area contributed by atoms with Crippen molar-refractivity contribution in [3.63, 3.8) is 0 Å². The molecule has 0 N–H and O–H groups in total. The second-order valence-electron chi connectivity index (χ2n) is 11.6. The van der Waals surface area contributed by atoms with E-state index in [9.17, 15) is 14.4 Å². The first-order valence-electron chi connectivity index (χ1n) is 14.1. The zero-order valence-corrected chi connectivity index (χ0v) is 25.2. The number of fused-ring (bicyclic) bond motifs is 1. The predicted octanol–water partition coefficient (Wildman–Crippen LogP) is 6.59. The standard InChI is InChI=1S/C35H39NO6/c1-23(2)30(34(39)41-6)20-27-19-28-18-26(33(38)35(3,4)22-42-21-24-10-8-7-9-11-24)16-17-36(28)31(27)32(37)25-12-14-29(40-5)15-13-25/h7-19,23,30H,20-22H2,1-6H3. The maximum Gasteiger partial charge on any atom is 0.309 e. The monoisotopic (exact) mass is 569 g/mol. The molecule has 2 aromatic heterocycles. The van der Waals surface area contributed by atoms with E-state index in [0.29, 0.717) is 41.1 Å². The second kappa shape index (κ2) is 13.2. The Morgan fingerprint density at radius 1 is 0.881 bits per heavy atom. The van der Waals surface area contributed by atoms with Crippen LogP contribution >= 0.6 is 0 Å². The van der Waals surface area contributed by atoms with E-state index in [1.54, 1.807) is 54.1 Å². The summed E-state index contributed by atoms with van der Waals surface area (Å²) in [5.41, 5.74) is 3.16. The molecule has 0 aliphatic carbocycles. The number of hydrogen-bond acceptors (Lipinski definition) is 6. The highest BCUT2D eigenvalue weighted by molar-refractivity contribution is 6.10. The fourth-order valence-corrected chi connectivity index (χ4v) is 5.10. The molecule has 0 saturated heterocycles. The highest BCUT2D eigenvalue weighted by Gasteiger charge is 2.31. The summed E-state index contributed by atoms with van der Waals surface area (Å²) < 4.78 is 18.0. The molecule has 7 nitrogen and oxygen atoms in total. The summed E-state index contributed by atoms with van der Waals surface area (Å²) in [4.78, 5) is 40.2. The maximum atomic E-state index is 13.9. The van der Waals surface area contributed by atoms with E-state index in [1.807, 2.05) is 64.1 Å². The molecule has 7 heteroatoms. The number of methoxy groups -OCH3 is 2. The molecule has 0 fully saturated rings. The number of ether oxygens (including phenoxy) is 3. The van der Waals surface area contributed by atoms with E-state index in [0.717, 1.165) is 11.1 Å². The van der Waals surface area contributed by atoms with Gasteiger partial charge in [0.15, 0.2) is 5.78 Å².